The summed E-state index contributed by atoms with van der Waals surface area (Å²) in [6, 6.07) is 5.00. The van der Waals surface area contributed by atoms with Crippen LogP contribution in [0.2, 0.25) is 0 Å². The SMILES string of the molecule is Nc1nc2c(ncn2Cc2ccccc2C(F)C(F)(F)P(=O)(O)O)c(=O)[nH]1. The molecule has 1 atom stereocenters. The van der Waals surface area contributed by atoms with E-state index in [4.69, 9.17) is 15.5 Å². The first-order valence-corrected chi connectivity index (χ1v) is 8.99. The minimum atomic E-state index is -6.03. The van der Waals surface area contributed by atoms with Gasteiger partial charge in [0.05, 0.1) is 12.9 Å². The highest BCUT2D eigenvalue weighted by Gasteiger charge is 2.57. The Balaban J connectivity index is 2.06. The molecule has 1 unspecified atom stereocenters. The molecule has 0 aliphatic carbocycles. The molecular formula is C14H13F3N5O4P. The topological polar surface area (TPSA) is 147 Å². The van der Waals surface area contributed by atoms with Crippen LogP contribution in [-0.4, -0.2) is 35.0 Å². The average molecular weight is 403 g/mol. The average Bonchev–Trinajstić information content (AvgIpc) is 2.97. The number of halogens is 3. The van der Waals surface area contributed by atoms with Crippen molar-refractivity contribution < 1.29 is 27.5 Å². The Morgan fingerprint density at radius 3 is 2.67 bits per heavy atom. The molecule has 2 heterocycles. The summed E-state index contributed by atoms with van der Waals surface area (Å²) in [6.07, 6.45) is -2.05. The van der Waals surface area contributed by atoms with Crippen LogP contribution in [0.1, 0.15) is 17.3 Å². The molecule has 9 nitrogen and oxygen atoms in total. The Morgan fingerprint density at radius 1 is 1.33 bits per heavy atom. The predicted molar refractivity (Wildman–Crippen MR) is 88.9 cm³/mol. The number of rotatable bonds is 5. The second-order valence-electron chi connectivity index (χ2n) is 5.69. The van der Waals surface area contributed by atoms with Crippen molar-refractivity contribution >= 4 is 24.7 Å². The van der Waals surface area contributed by atoms with Crippen LogP contribution in [0.5, 0.6) is 0 Å². The van der Waals surface area contributed by atoms with Crippen molar-refractivity contribution in [2.24, 2.45) is 0 Å². The van der Waals surface area contributed by atoms with Gasteiger partial charge in [-0.3, -0.25) is 14.3 Å². The normalized spacial score (nSPS) is 13.8. The first-order valence-electron chi connectivity index (χ1n) is 7.38. The van der Waals surface area contributed by atoms with Gasteiger partial charge >= 0.3 is 13.3 Å². The molecule has 0 aliphatic rings. The standard InChI is InChI=1S/C14H13F3N5O4P/c15-10(14(16,17)27(24,25)26)8-4-2-1-3-7(8)5-22-6-19-9-11(22)20-13(18)21-12(9)23/h1-4,6,10H,5H2,(H2,24,25,26)(H3,18,20,21,23). The van der Waals surface area contributed by atoms with Crippen molar-refractivity contribution in [1.29, 1.82) is 0 Å². The van der Waals surface area contributed by atoms with Gasteiger partial charge in [0.1, 0.15) is 0 Å². The number of H-pyrrole nitrogens is 1. The molecule has 13 heteroatoms. The van der Waals surface area contributed by atoms with Crippen molar-refractivity contribution in [3.8, 4) is 0 Å². The predicted octanol–water partition coefficient (Wildman–Crippen LogP) is 1.53. The summed E-state index contributed by atoms with van der Waals surface area (Å²) in [5.41, 5.74) is -0.657. The molecule has 0 saturated heterocycles. The number of aromatic nitrogens is 4. The van der Waals surface area contributed by atoms with Gasteiger partial charge in [-0.1, -0.05) is 24.3 Å². The molecular weight excluding hydrogens is 390 g/mol. The molecule has 2 aromatic heterocycles. The second-order valence-corrected chi connectivity index (χ2v) is 7.37. The summed E-state index contributed by atoms with van der Waals surface area (Å²) in [5.74, 6) is -0.195. The Kier molecular flexibility index (Phi) is 4.58. The molecule has 3 rings (SSSR count). The van der Waals surface area contributed by atoms with E-state index < -0.39 is 30.6 Å². The zero-order valence-electron chi connectivity index (χ0n) is 13.4. The molecule has 0 fully saturated rings. The van der Waals surface area contributed by atoms with Crippen LogP contribution in [-0.2, 0) is 11.1 Å². The van der Waals surface area contributed by atoms with E-state index in [-0.39, 0.29) is 29.2 Å². The fourth-order valence-corrected chi connectivity index (χ4v) is 2.96. The molecule has 144 valence electrons. The first-order chi connectivity index (χ1) is 12.5. The van der Waals surface area contributed by atoms with E-state index in [1.807, 2.05) is 0 Å². The molecule has 0 radical (unpaired) electrons. The maximum atomic E-state index is 14.4. The number of benzene rings is 1. The maximum absolute atomic E-state index is 14.4. The van der Waals surface area contributed by atoms with Crippen LogP contribution in [0.3, 0.4) is 0 Å². The van der Waals surface area contributed by atoms with E-state index >= 15 is 0 Å². The second kappa shape index (κ2) is 6.48. The fraction of sp³-hybridized carbons (Fsp3) is 0.214. The highest BCUT2D eigenvalue weighted by Crippen LogP contribution is 2.60. The summed E-state index contributed by atoms with van der Waals surface area (Å²) >= 11 is 0. The van der Waals surface area contributed by atoms with Gasteiger partial charge in [0.2, 0.25) is 12.1 Å². The first kappa shape index (κ1) is 19.1. The van der Waals surface area contributed by atoms with E-state index in [2.05, 4.69) is 15.0 Å². The van der Waals surface area contributed by atoms with Gasteiger partial charge in [-0.2, -0.15) is 13.8 Å². The third kappa shape index (κ3) is 3.34. The van der Waals surface area contributed by atoms with Crippen LogP contribution >= 0.6 is 7.60 Å². The number of hydrogen-bond donors (Lipinski definition) is 4. The van der Waals surface area contributed by atoms with Crippen molar-refractivity contribution in [3.63, 3.8) is 0 Å². The molecule has 5 N–H and O–H groups in total. The molecule has 3 aromatic rings. The number of anilines is 1. The van der Waals surface area contributed by atoms with Gasteiger partial charge in [0, 0.05) is 0 Å². The molecule has 0 amide bonds. The largest absolute Gasteiger partial charge is 0.398 e. The Morgan fingerprint density at radius 2 is 2.00 bits per heavy atom. The van der Waals surface area contributed by atoms with E-state index in [9.17, 15) is 22.5 Å². The summed E-state index contributed by atoms with van der Waals surface area (Å²) in [5, 5.41) is 0. The van der Waals surface area contributed by atoms with Crippen LogP contribution in [0, 0.1) is 0 Å². The number of alkyl halides is 3. The number of aromatic amines is 1. The van der Waals surface area contributed by atoms with Crippen molar-refractivity contribution in [1.82, 2.24) is 19.5 Å². The van der Waals surface area contributed by atoms with Gasteiger partial charge in [0.25, 0.3) is 5.56 Å². The van der Waals surface area contributed by atoms with Gasteiger partial charge < -0.3 is 20.1 Å². The van der Waals surface area contributed by atoms with Gasteiger partial charge in [-0.15, -0.1) is 0 Å². The number of fused-ring (bicyclic) bond motifs is 1. The zero-order valence-corrected chi connectivity index (χ0v) is 14.3. The van der Waals surface area contributed by atoms with Crippen LogP contribution in [0.4, 0.5) is 19.1 Å². The summed E-state index contributed by atoms with van der Waals surface area (Å²) in [6.45, 7) is -0.236. The van der Waals surface area contributed by atoms with E-state index in [1.54, 1.807) is 0 Å². The van der Waals surface area contributed by atoms with E-state index in [0.717, 1.165) is 6.07 Å². The maximum Gasteiger partial charge on any atom is 0.398 e. The summed E-state index contributed by atoms with van der Waals surface area (Å²) < 4.78 is 54.2. The number of nitrogens with two attached hydrogens (primary N) is 1. The monoisotopic (exact) mass is 403 g/mol. The van der Waals surface area contributed by atoms with E-state index in [1.165, 1.54) is 29.1 Å². The summed E-state index contributed by atoms with van der Waals surface area (Å²) in [4.78, 5) is 39.3. The van der Waals surface area contributed by atoms with Crippen LogP contribution < -0.4 is 11.3 Å². The Bertz CT molecular complexity index is 1110. The summed E-state index contributed by atoms with van der Waals surface area (Å²) in [7, 11) is -6.03. The van der Waals surface area contributed by atoms with Gasteiger partial charge in [-0.05, 0) is 11.1 Å². The molecule has 0 bridgehead atoms. The minimum absolute atomic E-state index is 0.00178. The lowest BCUT2D eigenvalue weighted by Crippen LogP contribution is -2.24. The molecule has 1 aromatic carbocycles. The quantitative estimate of drug-likeness (QED) is 0.472. The van der Waals surface area contributed by atoms with Crippen LogP contribution in [0.25, 0.3) is 11.2 Å². The molecule has 0 aliphatic heterocycles. The lowest BCUT2D eigenvalue weighted by Gasteiger charge is -2.23. The Labute approximate surface area is 148 Å². The molecule has 27 heavy (non-hydrogen) atoms. The van der Waals surface area contributed by atoms with Crippen molar-refractivity contribution in [2.75, 3.05) is 5.73 Å². The number of nitrogen functional groups attached to an aromatic ring is 1. The smallest absolute Gasteiger partial charge is 0.369 e. The number of nitrogens with one attached hydrogen (secondary N) is 1. The number of hydrogen-bond acceptors (Lipinski definition) is 5. The molecule has 0 saturated carbocycles. The zero-order chi connectivity index (χ0) is 20.0. The number of nitrogens with zero attached hydrogens (tertiary/aromatic N) is 3. The Hall–Kier alpha value is -2.69. The lowest BCUT2D eigenvalue weighted by atomic mass is 10.0. The third-order valence-electron chi connectivity index (χ3n) is 3.86. The molecule has 0 spiro atoms. The lowest BCUT2D eigenvalue weighted by molar-refractivity contribution is -0.0191. The minimum Gasteiger partial charge on any atom is -0.369 e. The number of imidazole rings is 1. The van der Waals surface area contributed by atoms with E-state index in [0.29, 0.717) is 0 Å². The van der Waals surface area contributed by atoms with Crippen LogP contribution in [0.15, 0.2) is 35.4 Å². The third-order valence-corrected chi connectivity index (χ3v) is 4.86. The highest BCUT2D eigenvalue weighted by molar-refractivity contribution is 7.53. The van der Waals surface area contributed by atoms with Gasteiger partial charge in [-0.25, -0.2) is 9.37 Å². The van der Waals surface area contributed by atoms with Crippen molar-refractivity contribution in [3.05, 3.63) is 52.1 Å². The van der Waals surface area contributed by atoms with Crippen molar-refractivity contribution in [2.45, 2.75) is 18.4 Å². The van der Waals surface area contributed by atoms with Gasteiger partial charge in [0.15, 0.2) is 11.2 Å². The highest BCUT2D eigenvalue weighted by atomic mass is 31.2. The fourth-order valence-electron chi connectivity index (χ4n) is 2.53.